The number of nitrogens with zero attached hydrogens (tertiary/aromatic N) is 1. The fraction of sp³-hybridized carbons (Fsp3) is 0.433. The van der Waals surface area contributed by atoms with Gasteiger partial charge in [-0.15, -0.1) is 0 Å². The fourth-order valence-corrected chi connectivity index (χ4v) is 7.29. The summed E-state index contributed by atoms with van der Waals surface area (Å²) in [6.07, 6.45) is 7.10. The number of hydrogen-bond donors (Lipinski definition) is 1. The van der Waals surface area contributed by atoms with Crippen LogP contribution in [-0.2, 0) is 9.53 Å². The topological polar surface area (TPSA) is 86.8 Å². The molecule has 0 aliphatic heterocycles. The second-order valence-corrected chi connectivity index (χ2v) is 11.0. The fourth-order valence-electron chi connectivity index (χ4n) is 7.29. The van der Waals surface area contributed by atoms with Crippen LogP contribution >= 0.6 is 0 Å². The van der Waals surface area contributed by atoms with E-state index in [1.54, 1.807) is 26.4 Å². The van der Waals surface area contributed by atoms with Crippen molar-refractivity contribution in [1.29, 1.82) is 0 Å². The van der Waals surface area contributed by atoms with Crippen LogP contribution in [0, 0.1) is 17.8 Å². The van der Waals surface area contributed by atoms with Gasteiger partial charge in [-0.1, -0.05) is 18.2 Å². The lowest BCUT2D eigenvalue weighted by Crippen LogP contribution is -2.60. The molecule has 4 bridgehead atoms. The molecule has 4 aliphatic rings. The molecule has 7 heteroatoms. The number of fused-ring (bicyclic) bond motifs is 1. The molecule has 7 nitrogen and oxygen atoms in total. The largest absolute Gasteiger partial charge is 0.493 e. The average molecular weight is 501 g/mol. The Hall–Kier alpha value is -3.61. The van der Waals surface area contributed by atoms with Gasteiger partial charge in [0.1, 0.15) is 0 Å². The van der Waals surface area contributed by atoms with E-state index in [4.69, 9.17) is 19.2 Å². The number of benzene rings is 2. The summed E-state index contributed by atoms with van der Waals surface area (Å²) in [5, 5.41) is 3.95. The molecule has 4 saturated carbocycles. The van der Waals surface area contributed by atoms with E-state index in [1.165, 1.54) is 19.3 Å². The number of pyridine rings is 1. The SMILES string of the molecule is COc1ccc(-c2cc(C(=O)OCC(=O)NC34CC5CC(CC(C5)C3)C4)c3ccccc3n2)cc1OC. The Morgan fingerprint density at radius 1 is 0.919 bits per heavy atom. The maximum atomic E-state index is 13.3. The van der Waals surface area contributed by atoms with E-state index in [0.717, 1.165) is 42.6 Å². The molecule has 0 saturated heterocycles. The van der Waals surface area contributed by atoms with E-state index in [-0.39, 0.29) is 18.1 Å². The van der Waals surface area contributed by atoms with Gasteiger partial charge in [-0.2, -0.15) is 0 Å². The van der Waals surface area contributed by atoms with Crippen LogP contribution in [0.1, 0.15) is 48.9 Å². The smallest absolute Gasteiger partial charge is 0.339 e. The third-order valence-electron chi connectivity index (χ3n) is 8.39. The number of nitrogens with one attached hydrogen (secondary N) is 1. The van der Waals surface area contributed by atoms with Crippen molar-refractivity contribution in [3.8, 4) is 22.8 Å². The average Bonchev–Trinajstić information content (AvgIpc) is 2.89. The van der Waals surface area contributed by atoms with Crippen molar-refractivity contribution in [2.45, 2.75) is 44.1 Å². The van der Waals surface area contributed by atoms with E-state index < -0.39 is 5.97 Å². The third kappa shape index (κ3) is 4.52. The summed E-state index contributed by atoms with van der Waals surface area (Å²) in [5.74, 6) is 2.61. The van der Waals surface area contributed by atoms with Crippen LogP contribution in [0.3, 0.4) is 0 Å². The number of hydrogen-bond acceptors (Lipinski definition) is 6. The number of aromatic nitrogens is 1. The van der Waals surface area contributed by atoms with Gasteiger partial charge in [-0.05, 0) is 86.6 Å². The lowest BCUT2D eigenvalue weighted by atomic mass is 9.53. The van der Waals surface area contributed by atoms with E-state index in [9.17, 15) is 9.59 Å². The minimum absolute atomic E-state index is 0.109. The van der Waals surface area contributed by atoms with Gasteiger partial charge in [0.2, 0.25) is 0 Å². The molecule has 3 aromatic rings. The minimum atomic E-state index is -0.541. The molecule has 7 rings (SSSR count). The maximum absolute atomic E-state index is 13.3. The van der Waals surface area contributed by atoms with Crippen LogP contribution in [0.2, 0.25) is 0 Å². The Morgan fingerprint density at radius 3 is 2.27 bits per heavy atom. The quantitative estimate of drug-likeness (QED) is 0.451. The van der Waals surface area contributed by atoms with Gasteiger partial charge in [0.25, 0.3) is 5.91 Å². The van der Waals surface area contributed by atoms with Gasteiger partial charge in [0.05, 0.1) is 31.0 Å². The van der Waals surface area contributed by atoms with E-state index in [2.05, 4.69) is 5.32 Å². The molecule has 2 aromatic carbocycles. The normalized spacial score (nSPS) is 25.6. The van der Waals surface area contributed by atoms with E-state index in [0.29, 0.717) is 33.7 Å². The summed E-state index contributed by atoms with van der Waals surface area (Å²) in [4.78, 5) is 30.9. The molecule has 0 unspecified atom stereocenters. The molecular formula is C30H32N2O5. The molecule has 4 aliphatic carbocycles. The monoisotopic (exact) mass is 500 g/mol. The number of ether oxygens (including phenoxy) is 3. The predicted octanol–water partition coefficient (Wildman–Crippen LogP) is 5.16. The first-order valence-electron chi connectivity index (χ1n) is 13.1. The first-order chi connectivity index (χ1) is 17.9. The predicted molar refractivity (Wildman–Crippen MR) is 140 cm³/mol. The molecule has 0 atom stereocenters. The van der Waals surface area contributed by atoms with Gasteiger partial charge >= 0.3 is 5.97 Å². The van der Waals surface area contributed by atoms with Gasteiger partial charge in [0.15, 0.2) is 18.1 Å². The number of para-hydroxylation sites is 1. The zero-order valence-corrected chi connectivity index (χ0v) is 21.3. The summed E-state index contributed by atoms with van der Waals surface area (Å²) >= 11 is 0. The lowest BCUT2D eigenvalue weighted by molar-refractivity contribution is -0.130. The third-order valence-corrected chi connectivity index (χ3v) is 8.39. The zero-order chi connectivity index (χ0) is 25.6. The van der Waals surface area contributed by atoms with Gasteiger partial charge in [0, 0.05) is 16.5 Å². The minimum Gasteiger partial charge on any atom is -0.493 e. The van der Waals surface area contributed by atoms with Crippen molar-refractivity contribution in [1.82, 2.24) is 10.3 Å². The van der Waals surface area contributed by atoms with Gasteiger partial charge in [-0.25, -0.2) is 9.78 Å². The van der Waals surface area contributed by atoms with Gasteiger partial charge < -0.3 is 19.5 Å². The molecule has 1 heterocycles. The molecule has 1 amide bonds. The Kier molecular flexibility index (Phi) is 6.01. The molecule has 1 N–H and O–H groups in total. The Bertz CT molecular complexity index is 1330. The van der Waals surface area contributed by atoms with E-state index in [1.807, 2.05) is 36.4 Å². The molecule has 37 heavy (non-hydrogen) atoms. The highest BCUT2D eigenvalue weighted by molar-refractivity contribution is 6.05. The second kappa shape index (κ2) is 9.36. The van der Waals surface area contributed by atoms with Crippen molar-refractivity contribution in [2.24, 2.45) is 17.8 Å². The molecular weight excluding hydrogens is 468 g/mol. The standard InChI is InChI=1S/C30H32N2O5/c1-35-26-8-7-21(12-27(26)36-2)25-13-23(22-5-3-4-6-24(22)31-25)29(34)37-17-28(33)32-30-14-18-9-19(15-30)11-20(10-18)16-30/h3-8,12-13,18-20H,9-11,14-17H2,1-2H3,(H,32,33). The Labute approximate surface area is 216 Å². The highest BCUT2D eigenvalue weighted by Crippen LogP contribution is 2.55. The molecule has 0 spiro atoms. The number of rotatable bonds is 7. The summed E-state index contributed by atoms with van der Waals surface area (Å²) in [7, 11) is 3.16. The summed E-state index contributed by atoms with van der Waals surface area (Å²) in [6, 6.07) is 14.6. The van der Waals surface area contributed by atoms with Crippen LogP contribution in [0.15, 0.2) is 48.5 Å². The number of carbonyl (C=O) groups is 2. The number of methoxy groups -OCH3 is 2. The number of esters is 1. The van der Waals surface area contributed by atoms with Crippen molar-refractivity contribution in [3.05, 3.63) is 54.1 Å². The zero-order valence-electron chi connectivity index (χ0n) is 21.3. The highest BCUT2D eigenvalue weighted by atomic mass is 16.5. The van der Waals surface area contributed by atoms with Crippen LogP contribution in [0.25, 0.3) is 22.2 Å². The van der Waals surface area contributed by atoms with Crippen molar-refractivity contribution < 1.29 is 23.8 Å². The summed E-state index contributed by atoms with van der Waals surface area (Å²) in [5.41, 5.74) is 2.31. The Balaban J connectivity index is 1.21. The second-order valence-electron chi connectivity index (χ2n) is 11.0. The molecule has 192 valence electrons. The van der Waals surface area contributed by atoms with Crippen molar-refractivity contribution in [3.63, 3.8) is 0 Å². The van der Waals surface area contributed by atoms with Crippen molar-refractivity contribution in [2.75, 3.05) is 20.8 Å². The van der Waals surface area contributed by atoms with Crippen molar-refractivity contribution >= 4 is 22.8 Å². The van der Waals surface area contributed by atoms with Gasteiger partial charge in [-0.3, -0.25) is 4.79 Å². The Morgan fingerprint density at radius 2 is 1.59 bits per heavy atom. The number of amides is 1. The summed E-state index contributed by atoms with van der Waals surface area (Å²) < 4.78 is 16.3. The first kappa shape index (κ1) is 23.8. The van der Waals surface area contributed by atoms with Crippen LogP contribution in [-0.4, -0.2) is 43.2 Å². The van der Waals surface area contributed by atoms with E-state index >= 15 is 0 Å². The maximum Gasteiger partial charge on any atom is 0.339 e. The molecule has 0 radical (unpaired) electrons. The van der Waals surface area contributed by atoms with Crippen LogP contribution in [0.4, 0.5) is 0 Å². The number of carbonyl (C=O) groups excluding carboxylic acids is 2. The highest BCUT2D eigenvalue weighted by Gasteiger charge is 2.51. The molecule has 4 fully saturated rings. The van der Waals surface area contributed by atoms with Crippen LogP contribution < -0.4 is 14.8 Å². The first-order valence-corrected chi connectivity index (χ1v) is 13.1. The molecule has 1 aromatic heterocycles. The van der Waals surface area contributed by atoms with Crippen LogP contribution in [0.5, 0.6) is 11.5 Å². The summed E-state index contributed by atoms with van der Waals surface area (Å²) in [6.45, 7) is -0.289. The lowest BCUT2D eigenvalue weighted by Gasteiger charge is -2.56.